The molecular formula is C16H17ClFNO2. The molecule has 0 aliphatic rings. The van der Waals surface area contributed by atoms with Crippen LogP contribution in [0.15, 0.2) is 36.4 Å². The highest BCUT2D eigenvalue weighted by atomic mass is 35.5. The zero-order valence-electron chi connectivity index (χ0n) is 12.0. The van der Waals surface area contributed by atoms with Gasteiger partial charge < -0.3 is 14.8 Å². The average molecular weight is 310 g/mol. The van der Waals surface area contributed by atoms with Gasteiger partial charge in [0.05, 0.1) is 7.11 Å². The molecule has 0 aliphatic heterocycles. The van der Waals surface area contributed by atoms with Gasteiger partial charge >= 0.3 is 0 Å². The number of halogens is 2. The van der Waals surface area contributed by atoms with Gasteiger partial charge in [-0.05, 0) is 31.3 Å². The zero-order valence-corrected chi connectivity index (χ0v) is 12.7. The molecule has 2 aromatic carbocycles. The number of methoxy groups -OCH3 is 1. The normalized spacial score (nSPS) is 10.5. The molecule has 2 aromatic rings. The van der Waals surface area contributed by atoms with Crippen LogP contribution in [0.5, 0.6) is 11.5 Å². The smallest absolute Gasteiger partial charge is 0.133 e. The Hall–Kier alpha value is -1.78. The lowest BCUT2D eigenvalue weighted by molar-refractivity contribution is 0.295. The van der Waals surface area contributed by atoms with Gasteiger partial charge in [0.15, 0.2) is 0 Å². The molecule has 112 valence electrons. The minimum Gasteiger partial charge on any atom is -0.497 e. The van der Waals surface area contributed by atoms with E-state index in [0.29, 0.717) is 28.6 Å². The Bertz CT molecular complexity index is 619. The lowest BCUT2D eigenvalue weighted by atomic mass is 10.2. The lowest BCUT2D eigenvalue weighted by Gasteiger charge is -2.13. The van der Waals surface area contributed by atoms with Gasteiger partial charge in [-0.3, -0.25) is 0 Å². The number of rotatable bonds is 6. The van der Waals surface area contributed by atoms with E-state index in [4.69, 9.17) is 21.1 Å². The monoisotopic (exact) mass is 309 g/mol. The van der Waals surface area contributed by atoms with Gasteiger partial charge in [0.1, 0.15) is 23.9 Å². The Kier molecular flexibility index (Phi) is 5.42. The second kappa shape index (κ2) is 7.29. The first-order valence-electron chi connectivity index (χ1n) is 6.53. The van der Waals surface area contributed by atoms with E-state index in [-0.39, 0.29) is 12.4 Å². The molecule has 21 heavy (non-hydrogen) atoms. The molecule has 3 nitrogen and oxygen atoms in total. The van der Waals surface area contributed by atoms with Crippen LogP contribution in [0.3, 0.4) is 0 Å². The van der Waals surface area contributed by atoms with Crippen molar-refractivity contribution in [3.63, 3.8) is 0 Å². The van der Waals surface area contributed by atoms with Crippen LogP contribution < -0.4 is 14.8 Å². The summed E-state index contributed by atoms with van der Waals surface area (Å²) in [5.41, 5.74) is 1.32. The number of hydrogen-bond donors (Lipinski definition) is 1. The second-order valence-corrected chi connectivity index (χ2v) is 4.90. The highest BCUT2D eigenvalue weighted by molar-refractivity contribution is 6.31. The predicted octanol–water partition coefficient (Wildman–Crippen LogP) is 3.79. The Morgan fingerprint density at radius 2 is 2.05 bits per heavy atom. The van der Waals surface area contributed by atoms with E-state index in [2.05, 4.69) is 5.32 Å². The molecule has 0 atom stereocenters. The minimum absolute atomic E-state index is 0.132. The summed E-state index contributed by atoms with van der Waals surface area (Å²) < 4.78 is 24.5. The van der Waals surface area contributed by atoms with E-state index >= 15 is 0 Å². The SMILES string of the molecule is CNCc1c(Cl)cccc1OCc1ccc(OC)cc1F. The molecular weight excluding hydrogens is 293 g/mol. The summed E-state index contributed by atoms with van der Waals surface area (Å²) in [5, 5.41) is 3.66. The van der Waals surface area contributed by atoms with E-state index in [9.17, 15) is 4.39 Å². The van der Waals surface area contributed by atoms with Crippen molar-refractivity contribution in [1.29, 1.82) is 0 Å². The first kappa shape index (κ1) is 15.6. The van der Waals surface area contributed by atoms with Crippen LogP contribution in [0.4, 0.5) is 4.39 Å². The molecule has 0 aromatic heterocycles. The second-order valence-electron chi connectivity index (χ2n) is 4.49. The third kappa shape index (κ3) is 3.86. The van der Waals surface area contributed by atoms with Gasteiger partial charge in [0, 0.05) is 28.8 Å². The highest BCUT2D eigenvalue weighted by Gasteiger charge is 2.09. The molecule has 0 saturated carbocycles. The van der Waals surface area contributed by atoms with E-state index < -0.39 is 0 Å². The number of hydrogen-bond acceptors (Lipinski definition) is 3. The molecule has 2 rings (SSSR count). The van der Waals surface area contributed by atoms with Crippen molar-refractivity contribution in [1.82, 2.24) is 5.32 Å². The molecule has 0 saturated heterocycles. The molecule has 0 amide bonds. The maximum Gasteiger partial charge on any atom is 0.133 e. The molecule has 5 heteroatoms. The summed E-state index contributed by atoms with van der Waals surface area (Å²) in [5.74, 6) is 0.772. The van der Waals surface area contributed by atoms with Crippen molar-refractivity contribution >= 4 is 11.6 Å². The molecule has 0 unspecified atom stereocenters. The molecule has 1 N–H and O–H groups in total. The highest BCUT2D eigenvalue weighted by Crippen LogP contribution is 2.27. The molecule has 0 aliphatic carbocycles. The largest absolute Gasteiger partial charge is 0.497 e. The first-order chi connectivity index (χ1) is 10.2. The van der Waals surface area contributed by atoms with Crippen molar-refractivity contribution < 1.29 is 13.9 Å². The summed E-state index contributed by atoms with van der Waals surface area (Å²) in [7, 11) is 3.33. The van der Waals surface area contributed by atoms with Crippen LogP contribution in [-0.2, 0) is 13.2 Å². The number of benzene rings is 2. The fourth-order valence-corrected chi connectivity index (χ4v) is 2.18. The summed E-state index contributed by atoms with van der Waals surface area (Å²) in [6, 6.07) is 10.1. The van der Waals surface area contributed by atoms with E-state index in [1.807, 2.05) is 13.1 Å². The van der Waals surface area contributed by atoms with Gasteiger partial charge in [-0.2, -0.15) is 0 Å². The zero-order chi connectivity index (χ0) is 15.2. The van der Waals surface area contributed by atoms with Gasteiger partial charge in [-0.25, -0.2) is 4.39 Å². The van der Waals surface area contributed by atoms with Crippen molar-refractivity contribution in [2.75, 3.05) is 14.2 Å². The molecule has 0 heterocycles. The summed E-state index contributed by atoms with van der Waals surface area (Å²) >= 11 is 6.15. The summed E-state index contributed by atoms with van der Waals surface area (Å²) in [4.78, 5) is 0. The third-order valence-electron chi connectivity index (χ3n) is 3.07. The Labute approximate surface area is 128 Å². The Morgan fingerprint density at radius 1 is 1.24 bits per heavy atom. The van der Waals surface area contributed by atoms with Crippen molar-refractivity contribution in [2.24, 2.45) is 0 Å². The quantitative estimate of drug-likeness (QED) is 0.880. The Morgan fingerprint density at radius 3 is 2.71 bits per heavy atom. The minimum atomic E-state index is -0.355. The molecule has 0 spiro atoms. The maximum absolute atomic E-state index is 13.9. The van der Waals surface area contributed by atoms with E-state index in [1.165, 1.54) is 13.2 Å². The van der Waals surface area contributed by atoms with Crippen LogP contribution in [0.2, 0.25) is 5.02 Å². The summed E-state index contributed by atoms with van der Waals surface area (Å²) in [6.45, 7) is 0.715. The predicted molar refractivity (Wildman–Crippen MR) is 81.5 cm³/mol. The number of nitrogens with one attached hydrogen (secondary N) is 1. The third-order valence-corrected chi connectivity index (χ3v) is 3.43. The maximum atomic E-state index is 13.9. The topological polar surface area (TPSA) is 30.5 Å². The van der Waals surface area contributed by atoms with Crippen LogP contribution in [-0.4, -0.2) is 14.2 Å². The molecule has 0 bridgehead atoms. The van der Waals surface area contributed by atoms with Crippen molar-refractivity contribution in [3.05, 3.63) is 58.4 Å². The van der Waals surface area contributed by atoms with Crippen LogP contribution in [0.25, 0.3) is 0 Å². The fourth-order valence-electron chi connectivity index (χ4n) is 1.95. The first-order valence-corrected chi connectivity index (χ1v) is 6.90. The van der Waals surface area contributed by atoms with Crippen molar-refractivity contribution in [2.45, 2.75) is 13.2 Å². The van der Waals surface area contributed by atoms with Gasteiger partial charge in [-0.1, -0.05) is 17.7 Å². The van der Waals surface area contributed by atoms with Crippen LogP contribution in [0.1, 0.15) is 11.1 Å². The number of ether oxygens (including phenoxy) is 2. The Balaban J connectivity index is 2.15. The van der Waals surface area contributed by atoms with Gasteiger partial charge in [0.2, 0.25) is 0 Å². The van der Waals surface area contributed by atoms with Crippen LogP contribution >= 0.6 is 11.6 Å². The average Bonchev–Trinajstić information content (AvgIpc) is 2.49. The summed E-state index contributed by atoms with van der Waals surface area (Å²) in [6.07, 6.45) is 0. The lowest BCUT2D eigenvalue weighted by Crippen LogP contribution is -2.08. The standard InChI is InChI=1S/C16H17ClFNO2/c1-19-9-13-14(17)4-3-5-16(13)21-10-11-6-7-12(20-2)8-15(11)18/h3-8,19H,9-10H2,1-2H3. The van der Waals surface area contributed by atoms with E-state index in [0.717, 1.165) is 5.56 Å². The molecule has 0 fully saturated rings. The van der Waals surface area contributed by atoms with Crippen LogP contribution in [0, 0.1) is 5.82 Å². The fraction of sp³-hybridized carbons (Fsp3) is 0.250. The van der Waals surface area contributed by atoms with Crippen molar-refractivity contribution in [3.8, 4) is 11.5 Å². The van der Waals surface area contributed by atoms with Gasteiger partial charge in [0.25, 0.3) is 0 Å². The van der Waals surface area contributed by atoms with E-state index in [1.54, 1.807) is 24.3 Å². The van der Waals surface area contributed by atoms with Gasteiger partial charge in [-0.15, -0.1) is 0 Å². The molecule has 0 radical (unpaired) electrons.